The standard InChI is InChI=1S/C20H32N4O3.HI/c1-3-22-20(24-12-4-6-16(15-24)14-19(21)25)23-11-5-13-27-18-9-7-17(26-2)8-10-18;/h7-10,16H,3-6,11-15H2,1-2H3,(H2,21,25)(H,22,23);1H. The summed E-state index contributed by atoms with van der Waals surface area (Å²) in [7, 11) is 1.65. The lowest BCUT2D eigenvalue weighted by Crippen LogP contribution is -2.47. The molecule has 1 aromatic carbocycles. The topological polar surface area (TPSA) is 89.2 Å². The SMILES string of the molecule is CCNC(=NCCCOc1ccc(OC)cc1)N1CCCC(CC(N)=O)C1.I. The van der Waals surface area contributed by atoms with Crippen LogP contribution in [0.3, 0.4) is 0 Å². The highest BCUT2D eigenvalue weighted by Gasteiger charge is 2.23. The largest absolute Gasteiger partial charge is 0.497 e. The van der Waals surface area contributed by atoms with Gasteiger partial charge < -0.3 is 25.4 Å². The summed E-state index contributed by atoms with van der Waals surface area (Å²) >= 11 is 0. The Kier molecular flexibility index (Phi) is 11.7. The van der Waals surface area contributed by atoms with Gasteiger partial charge in [-0.25, -0.2) is 0 Å². The van der Waals surface area contributed by atoms with Crippen molar-refractivity contribution in [1.82, 2.24) is 10.2 Å². The van der Waals surface area contributed by atoms with Gasteiger partial charge in [0.15, 0.2) is 5.96 Å². The van der Waals surface area contributed by atoms with Crippen molar-refractivity contribution < 1.29 is 14.3 Å². The minimum absolute atomic E-state index is 0. The molecule has 158 valence electrons. The number of piperidine rings is 1. The molecule has 1 fully saturated rings. The average Bonchev–Trinajstić information content (AvgIpc) is 2.67. The number of amides is 1. The number of nitrogens with zero attached hydrogens (tertiary/aromatic N) is 2. The number of guanidine groups is 1. The van der Waals surface area contributed by atoms with Crippen molar-refractivity contribution in [1.29, 1.82) is 0 Å². The fourth-order valence-corrected chi connectivity index (χ4v) is 3.25. The molecule has 0 radical (unpaired) electrons. The first-order valence-corrected chi connectivity index (χ1v) is 9.70. The van der Waals surface area contributed by atoms with Crippen LogP contribution in [0.15, 0.2) is 29.3 Å². The number of rotatable bonds is 9. The number of nitrogens with two attached hydrogens (primary N) is 1. The second-order valence-electron chi connectivity index (χ2n) is 6.74. The smallest absolute Gasteiger partial charge is 0.217 e. The van der Waals surface area contributed by atoms with Crippen molar-refractivity contribution in [2.45, 2.75) is 32.6 Å². The summed E-state index contributed by atoms with van der Waals surface area (Å²) in [6, 6.07) is 7.57. The number of ether oxygens (including phenoxy) is 2. The number of nitrogens with one attached hydrogen (secondary N) is 1. The van der Waals surface area contributed by atoms with Crippen LogP contribution in [0.25, 0.3) is 0 Å². The van der Waals surface area contributed by atoms with E-state index in [9.17, 15) is 4.79 Å². The molecule has 3 N–H and O–H groups in total. The first-order chi connectivity index (χ1) is 13.1. The molecule has 0 aromatic heterocycles. The predicted octanol–water partition coefficient (Wildman–Crippen LogP) is 2.64. The number of benzene rings is 1. The van der Waals surface area contributed by atoms with Crippen LogP contribution in [0.5, 0.6) is 11.5 Å². The molecule has 7 nitrogen and oxygen atoms in total. The van der Waals surface area contributed by atoms with Gasteiger partial charge in [0.1, 0.15) is 11.5 Å². The van der Waals surface area contributed by atoms with Crippen molar-refractivity contribution >= 4 is 35.8 Å². The van der Waals surface area contributed by atoms with Crippen LogP contribution in [-0.2, 0) is 4.79 Å². The quantitative estimate of drug-likeness (QED) is 0.234. The van der Waals surface area contributed by atoms with Crippen molar-refractivity contribution in [3.8, 4) is 11.5 Å². The number of primary amides is 1. The zero-order chi connectivity index (χ0) is 19.5. The molecule has 2 rings (SSSR count). The summed E-state index contributed by atoms with van der Waals surface area (Å²) in [6.07, 6.45) is 3.39. The molecule has 0 aliphatic carbocycles. The van der Waals surface area contributed by atoms with E-state index >= 15 is 0 Å². The van der Waals surface area contributed by atoms with Crippen molar-refractivity contribution in [2.24, 2.45) is 16.6 Å². The maximum atomic E-state index is 11.2. The molecule has 1 heterocycles. The van der Waals surface area contributed by atoms with E-state index in [-0.39, 0.29) is 29.9 Å². The highest BCUT2D eigenvalue weighted by molar-refractivity contribution is 14.0. The number of methoxy groups -OCH3 is 1. The van der Waals surface area contributed by atoms with Gasteiger partial charge in [-0.3, -0.25) is 9.79 Å². The van der Waals surface area contributed by atoms with Crippen molar-refractivity contribution in [3.05, 3.63) is 24.3 Å². The van der Waals surface area contributed by atoms with Crippen LogP contribution in [0.1, 0.15) is 32.6 Å². The number of likely N-dealkylation sites (tertiary alicyclic amines) is 1. The number of hydrogen-bond donors (Lipinski definition) is 2. The molecule has 0 saturated carbocycles. The zero-order valence-electron chi connectivity index (χ0n) is 16.9. The molecule has 8 heteroatoms. The second-order valence-corrected chi connectivity index (χ2v) is 6.74. The van der Waals surface area contributed by atoms with E-state index in [0.717, 1.165) is 56.4 Å². The Hall–Kier alpha value is -1.71. The fourth-order valence-electron chi connectivity index (χ4n) is 3.25. The van der Waals surface area contributed by atoms with E-state index < -0.39 is 0 Å². The van der Waals surface area contributed by atoms with E-state index in [4.69, 9.17) is 20.2 Å². The molecule has 1 unspecified atom stereocenters. The summed E-state index contributed by atoms with van der Waals surface area (Å²) in [5.74, 6) is 2.66. The summed E-state index contributed by atoms with van der Waals surface area (Å²) in [5.41, 5.74) is 5.36. The summed E-state index contributed by atoms with van der Waals surface area (Å²) in [4.78, 5) is 18.2. The van der Waals surface area contributed by atoms with Gasteiger partial charge in [0.05, 0.1) is 13.7 Å². The Bertz CT molecular complexity index is 610. The highest BCUT2D eigenvalue weighted by Crippen LogP contribution is 2.19. The lowest BCUT2D eigenvalue weighted by Gasteiger charge is -2.34. The Balaban J connectivity index is 0.00000392. The number of hydrogen-bond acceptors (Lipinski definition) is 4. The maximum Gasteiger partial charge on any atom is 0.217 e. The molecule has 28 heavy (non-hydrogen) atoms. The van der Waals surface area contributed by atoms with Crippen molar-refractivity contribution in [3.63, 3.8) is 0 Å². The molecule has 1 aromatic rings. The van der Waals surface area contributed by atoms with Crippen LogP contribution in [0, 0.1) is 5.92 Å². The number of carbonyl (C=O) groups excluding carboxylic acids is 1. The molecule has 0 spiro atoms. The lowest BCUT2D eigenvalue weighted by molar-refractivity contribution is -0.119. The fraction of sp³-hybridized carbons (Fsp3) is 0.600. The van der Waals surface area contributed by atoms with Gasteiger partial charge in [-0.2, -0.15) is 0 Å². The molecule has 1 amide bonds. The molecule has 1 aliphatic rings. The minimum Gasteiger partial charge on any atom is -0.497 e. The van der Waals surface area contributed by atoms with Crippen molar-refractivity contribution in [2.75, 3.05) is 39.9 Å². The Morgan fingerprint density at radius 2 is 2.04 bits per heavy atom. The van der Waals surface area contributed by atoms with Gasteiger partial charge in [0.2, 0.25) is 5.91 Å². The molecule has 1 atom stereocenters. The van der Waals surface area contributed by atoms with Crippen LogP contribution in [0.4, 0.5) is 0 Å². The average molecular weight is 504 g/mol. The van der Waals surface area contributed by atoms with Gasteiger partial charge in [0.25, 0.3) is 0 Å². The minimum atomic E-state index is -0.223. The van der Waals surface area contributed by atoms with E-state index in [2.05, 4.69) is 17.1 Å². The van der Waals surface area contributed by atoms with Gasteiger partial charge in [-0.1, -0.05) is 0 Å². The zero-order valence-corrected chi connectivity index (χ0v) is 19.2. The summed E-state index contributed by atoms with van der Waals surface area (Å²) < 4.78 is 10.9. The Morgan fingerprint density at radius 3 is 2.68 bits per heavy atom. The lowest BCUT2D eigenvalue weighted by atomic mass is 9.95. The Morgan fingerprint density at radius 1 is 1.32 bits per heavy atom. The first-order valence-electron chi connectivity index (χ1n) is 9.70. The monoisotopic (exact) mass is 504 g/mol. The van der Waals surface area contributed by atoms with Gasteiger partial charge in [-0.15, -0.1) is 24.0 Å². The maximum absolute atomic E-state index is 11.2. The van der Waals surface area contributed by atoms with Gasteiger partial charge in [-0.05, 0) is 49.9 Å². The molecule has 1 saturated heterocycles. The van der Waals surface area contributed by atoms with Crippen LogP contribution in [-0.4, -0.2) is 56.7 Å². The first kappa shape index (κ1) is 24.3. The van der Waals surface area contributed by atoms with Gasteiger partial charge in [0, 0.05) is 39.0 Å². The molecular weight excluding hydrogens is 471 g/mol. The van der Waals surface area contributed by atoms with E-state index in [0.29, 0.717) is 25.5 Å². The van der Waals surface area contributed by atoms with E-state index in [1.54, 1.807) is 7.11 Å². The third-order valence-corrected chi connectivity index (χ3v) is 4.54. The molecule has 1 aliphatic heterocycles. The highest BCUT2D eigenvalue weighted by atomic mass is 127. The van der Waals surface area contributed by atoms with Crippen LogP contribution in [0.2, 0.25) is 0 Å². The third kappa shape index (κ3) is 8.53. The summed E-state index contributed by atoms with van der Waals surface area (Å²) in [6.45, 7) is 5.97. The summed E-state index contributed by atoms with van der Waals surface area (Å²) in [5, 5.41) is 3.35. The molecule has 0 bridgehead atoms. The van der Waals surface area contributed by atoms with E-state index in [1.807, 2.05) is 24.3 Å². The predicted molar refractivity (Wildman–Crippen MR) is 123 cm³/mol. The number of halogens is 1. The van der Waals surface area contributed by atoms with Gasteiger partial charge >= 0.3 is 0 Å². The van der Waals surface area contributed by atoms with Crippen LogP contribution >= 0.6 is 24.0 Å². The molecular formula is C20H33IN4O3. The number of carbonyl (C=O) groups is 1. The second kappa shape index (κ2) is 13.5. The Labute approximate surface area is 185 Å². The number of aliphatic imine (C=N–C) groups is 1. The normalized spacial score (nSPS) is 16.9. The van der Waals surface area contributed by atoms with E-state index in [1.165, 1.54) is 0 Å². The van der Waals surface area contributed by atoms with Crippen LogP contribution < -0.4 is 20.5 Å². The third-order valence-electron chi connectivity index (χ3n) is 4.54.